The molecule has 0 saturated heterocycles. The highest BCUT2D eigenvalue weighted by molar-refractivity contribution is 5.33. The first-order valence-corrected chi connectivity index (χ1v) is 6.56. The largest absolute Gasteiger partial charge is 0.312 e. The summed E-state index contributed by atoms with van der Waals surface area (Å²) in [4.78, 5) is 12.1. The lowest BCUT2D eigenvalue weighted by molar-refractivity contribution is 0.562. The summed E-state index contributed by atoms with van der Waals surface area (Å²) in [7, 11) is 0. The number of nitrogens with zero attached hydrogens (tertiary/aromatic N) is 3. The van der Waals surface area contributed by atoms with Gasteiger partial charge in [0, 0.05) is 25.6 Å². The highest BCUT2D eigenvalue weighted by Crippen LogP contribution is 2.09. The highest BCUT2D eigenvalue weighted by Gasteiger charge is 2.12. The van der Waals surface area contributed by atoms with E-state index >= 15 is 0 Å². The molecule has 0 amide bonds. The van der Waals surface area contributed by atoms with Crippen LogP contribution in [0.5, 0.6) is 0 Å². The van der Waals surface area contributed by atoms with Gasteiger partial charge in [-0.15, -0.1) is 0 Å². The first-order valence-electron chi connectivity index (χ1n) is 6.56. The second kappa shape index (κ2) is 5.27. The van der Waals surface area contributed by atoms with E-state index in [9.17, 15) is 4.79 Å². The Bertz CT molecular complexity index is 742. The summed E-state index contributed by atoms with van der Waals surface area (Å²) >= 11 is 0. The average Bonchev–Trinajstić information content (AvgIpc) is 2.48. The first-order chi connectivity index (χ1) is 9.76. The fraction of sp³-hybridized carbons (Fsp3) is 0.267. The van der Waals surface area contributed by atoms with E-state index in [4.69, 9.17) is 5.26 Å². The van der Waals surface area contributed by atoms with Gasteiger partial charge in [-0.3, -0.25) is 4.79 Å². The number of fused-ring (bicyclic) bond motifs is 1. The van der Waals surface area contributed by atoms with Gasteiger partial charge in [-0.25, -0.2) is 4.68 Å². The van der Waals surface area contributed by atoms with Gasteiger partial charge in [0.15, 0.2) is 0 Å². The molecule has 0 fully saturated rings. The molecule has 0 saturated carbocycles. The molecule has 3 rings (SSSR count). The van der Waals surface area contributed by atoms with E-state index < -0.39 is 0 Å². The van der Waals surface area contributed by atoms with Crippen LogP contribution in [0.3, 0.4) is 0 Å². The standard InChI is InChI=1S/C15H14N4O/c16-8-11-2-1-3-12(6-11)10-19-15(20)7-13-9-17-5-4-14(13)18-19/h1-3,6-7,17H,4-5,9-10H2. The Morgan fingerprint density at radius 1 is 1.40 bits per heavy atom. The third-order valence-corrected chi connectivity index (χ3v) is 3.41. The zero-order valence-corrected chi connectivity index (χ0v) is 11.0. The Morgan fingerprint density at radius 3 is 3.15 bits per heavy atom. The molecule has 1 N–H and O–H groups in total. The summed E-state index contributed by atoms with van der Waals surface area (Å²) in [5, 5.41) is 16.6. The molecule has 100 valence electrons. The van der Waals surface area contributed by atoms with Crippen molar-refractivity contribution in [1.82, 2.24) is 15.1 Å². The number of benzene rings is 1. The minimum atomic E-state index is -0.102. The van der Waals surface area contributed by atoms with Gasteiger partial charge in [0.1, 0.15) is 0 Å². The Balaban J connectivity index is 1.94. The molecule has 20 heavy (non-hydrogen) atoms. The molecule has 1 aliphatic rings. The van der Waals surface area contributed by atoms with Gasteiger partial charge < -0.3 is 5.32 Å². The molecule has 5 heteroatoms. The Labute approximate surface area is 116 Å². The number of nitriles is 1. The zero-order valence-electron chi connectivity index (χ0n) is 11.0. The van der Waals surface area contributed by atoms with Crippen molar-refractivity contribution in [1.29, 1.82) is 5.26 Å². The molecule has 0 atom stereocenters. The molecule has 2 heterocycles. The molecule has 0 unspecified atom stereocenters. The minimum Gasteiger partial charge on any atom is -0.312 e. The summed E-state index contributed by atoms with van der Waals surface area (Å²) in [6, 6.07) is 11.0. The van der Waals surface area contributed by atoms with Crippen LogP contribution in [-0.2, 0) is 19.5 Å². The number of aromatic nitrogens is 2. The SMILES string of the molecule is N#Cc1cccc(Cn2nc3c(cc2=O)CNCC3)c1. The molecule has 0 radical (unpaired) electrons. The van der Waals surface area contributed by atoms with Crippen molar-refractivity contribution in [2.45, 2.75) is 19.5 Å². The molecular weight excluding hydrogens is 252 g/mol. The third kappa shape index (κ3) is 2.46. The normalized spacial score (nSPS) is 13.6. The fourth-order valence-corrected chi connectivity index (χ4v) is 2.38. The maximum absolute atomic E-state index is 12.1. The summed E-state index contributed by atoms with van der Waals surface area (Å²) in [6.45, 7) is 2.00. The molecule has 0 spiro atoms. The minimum absolute atomic E-state index is 0.102. The molecule has 0 bridgehead atoms. The van der Waals surface area contributed by atoms with Gasteiger partial charge in [-0.05, 0) is 23.3 Å². The van der Waals surface area contributed by atoms with Gasteiger partial charge in [-0.1, -0.05) is 12.1 Å². The Morgan fingerprint density at radius 2 is 2.30 bits per heavy atom. The van der Waals surface area contributed by atoms with E-state index in [-0.39, 0.29) is 5.56 Å². The van der Waals surface area contributed by atoms with E-state index in [2.05, 4.69) is 16.5 Å². The van der Waals surface area contributed by atoms with Crippen molar-refractivity contribution >= 4 is 0 Å². The zero-order chi connectivity index (χ0) is 13.9. The molecule has 1 aromatic carbocycles. The van der Waals surface area contributed by atoms with E-state index in [1.165, 1.54) is 4.68 Å². The smallest absolute Gasteiger partial charge is 0.267 e. The fourth-order valence-electron chi connectivity index (χ4n) is 2.38. The van der Waals surface area contributed by atoms with E-state index in [0.29, 0.717) is 18.7 Å². The van der Waals surface area contributed by atoms with E-state index in [1.54, 1.807) is 18.2 Å². The second-order valence-electron chi connectivity index (χ2n) is 4.85. The lowest BCUT2D eigenvalue weighted by atomic mass is 10.1. The van der Waals surface area contributed by atoms with Crippen molar-refractivity contribution in [3.8, 4) is 6.07 Å². The van der Waals surface area contributed by atoms with Crippen molar-refractivity contribution < 1.29 is 0 Å². The van der Waals surface area contributed by atoms with Crippen LogP contribution >= 0.6 is 0 Å². The summed E-state index contributed by atoms with van der Waals surface area (Å²) in [6.07, 6.45) is 0.841. The van der Waals surface area contributed by atoms with Crippen LogP contribution in [0.2, 0.25) is 0 Å². The van der Waals surface area contributed by atoms with Crippen LogP contribution in [0.15, 0.2) is 35.1 Å². The average molecular weight is 266 g/mol. The molecular formula is C15H14N4O. The van der Waals surface area contributed by atoms with Crippen molar-refractivity contribution in [3.63, 3.8) is 0 Å². The molecule has 1 aromatic heterocycles. The van der Waals surface area contributed by atoms with E-state index in [1.807, 2.05) is 12.1 Å². The maximum atomic E-state index is 12.1. The molecule has 0 aliphatic carbocycles. The predicted octanol–water partition coefficient (Wildman–Crippen LogP) is 0.809. The summed E-state index contributed by atoms with van der Waals surface area (Å²) < 4.78 is 1.47. The number of nitrogens with one attached hydrogen (secondary N) is 1. The van der Waals surface area contributed by atoms with E-state index in [0.717, 1.165) is 29.8 Å². The van der Waals surface area contributed by atoms with Crippen LogP contribution in [-0.4, -0.2) is 16.3 Å². The van der Waals surface area contributed by atoms with Crippen LogP contribution < -0.4 is 10.9 Å². The van der Waals surface area contributed by atoms with Gasteiger partial charge in [0.25, 0.3) is 5.56 Å². The predicted molar refractivity (Wildman–Crippen MR) is 74.2 cm³/mol. The molecule has 5 nitrogen and oxygen atoms in total. The van der Waals surface area contributed by atoms with Gasteiger partial charge in [0.05, 0.1) is 23.9 Å². The van der Waals surface area contributed by atoms with Crippen molar-refractivity contribution in [2.75, 3.05) is 6.54 Å². The molecule has 2 aromatic rings. The summed E-state index contributed by atoms with van der Waals surface area (Å²) in [5.74, 6) is 0. The Hall–Kier alpha value is -2.45. The maximum Gasteiger partial charge on any atom is 0.267 e. The van der Waals surface area contributed by atoms with Crippen LogP contribution in [0.4, 0.5) is 0 Å². The number of hydrogen-bond donors (Lipinski definition) is 1. The Kier molecular flexibility index (Phi) is 3.32. The van der Waals surface area contributed by atoms with Crippen LogP contribution in [0, 0.1) is 11.3 Å². The van der Waals surface area contributed by atoms with Crippen molar-refractivity contribution in [3.05, 3.63) is 63.1 Å². The topological polar surface area (TPSA) is 70.7 Å². The quantitative estimate of drug-likeness (QED) is 0.873. The van der Waals surface area contributed by atoms with Crippen LogP contribution in [0.1, 0.15) is 22.4 Å². The van der Waals surface area contributed by atoms with Gasteiger partial charge in [-0.2, -0.15) is 10.4 Å². The lowest BCUT2D eigenvalue weighted by Gasteiger charge is -2.17. The third-order valence-electron chi connectivity index (χ3n) is 3.41. The van der Waals surface area contributed by atoms with Crippen LogP contribution in [0.25, 0.3) is 0 Å². The number of rotatable bonds is 2. The summed E-state index contributed by atoms with van der Waals surface area (Å²) in [5.41, 5.74) is 3.38. The second-order valence-corrected chi connectivity index (χ2v) is 4.85. The monoisotopic (exact) mass is 266 g/mol. The lowest BCUT2D eigenvalue weighted by Crippen LogP contribution is -2.31. The first kappa shape index (κ1) is 12.6. The van der Waals surface area contributed by atoms with Gasteiger partial charge in [0.2, 0.25) is 0 Å². The number of hydrogen-bond acceptors (Lipinski definition) is 4. The van der Waals surface area contributed by atoms with Crippen molar-refractivity contribution in [2.24, 2.45) is 0 Å². The molecule has 1 aliphatic heterocycles. The highest BCUT2D eigenvalue weighted by atomic mass is 16.1. The van der Waals surface area contributed by atoms with Gasteiger partial charge >= 0.3 is 0 Å².